The van der Waals surface area contributed by atoms with Crippen LogP contribution in [-0.4, -0.2) is 4.57 Å². The summed E-state index contributed by atoms with van der Waals surface area (Å²) in [6.45, 7) is 6.24. The van der Waals surface area contributed by atoms with Gasteiger partial charge in [-0.15, -0.1) is 0 Å². The Labute approximate surface area is 240 Å². The number of allylic oxidation sites excluding steroid dienone is 1. The molecule has 2 heterocycles. The molecule has 7 rings (SSSR count). The quantitative estimate of drug-likeness (QED) is 0.210. The van der Waals surface area contributed by atoms with E-state index < -0.39 is 0 Å². The number of rotatable bonds is 6. The second-order valence-electron chi connectivity index (χ2n) is 10.1. The monoisotopic (exact) mass is 527 g/mol. The molecule has 0 amide bonds. The molecule has 2 heteroatoms. The molecular weight excluding hydrogens is 498 g/mol. The normalized spacial score (nSPS) is 11.5. The van der Waals surface area contributed by atoms with Crippen molar-refractivity contribution < 1.29 is 4.42 Å². The van der Waals surface area contributed by atoms with Crippen LogP contribution in [0.15, 0.2) is 144 Å². The minimum Gasteiger partial charge on any atom is -0.455 e. The summed E-state index contributed by atoms with van der Waals surface area (Å²) in [6.07, 6.45) is 6.23. The summed E-state index contributed by atoms with van der Waals surface area (Å²) < 4.78 is 9.21. The average molecular weight is 528 g/mol. The van der Waals surface area contributed by atoms with E-state index in [2.05, 4.69) is 152 Å². The molecule has 0 fully saturated rings. The highest BCUT2D eigenvalue weighted by atomic mass is 16.3. The molecule has 0 atom stereocenters. The van der Waals surface area contributed by atoms with Crippen LogP contribution in [0.3, 0.4) is 0 Å². The fraction of sp³-hybridized carbons (Fsp3) is 0.0256. The van der Waals surface area contributed by atoms with Crippen LogP contribution in [0.2, 0.25) is 0 Å². The summed E-state index contributed by atoms with van der Waals surface area (Å²) in [5, 5.41) is 3.38. The van der Waals surface area contributed by atoms with Crippen molar-refractivity contribution in [2.24, 2.45) is 0 Å². The Kier molecular flexibility index (Phi) is 6.22. The molecule has 41 heavy (non-hydrogen) atoms. The van der Waals surface area contributed by atoms with Crippen molar-refractivity contribution in [2.45, 2.75) is 6.92 Å². The van der Waals surface area contributed by atoms with Gasteiger partial charge in [0.15, 0.2) is 0 Å². The zero-order valence-corrected chi connectivity index (χ0v) is 22.9. The lowest BCUT2D eigenvalue weighted by Gasteiger charge is -2.18. The highest BCUT2D eigenvalue weighted by molar-refractivity contribution is 6.06. The first-order valence-electron chi connectivity index (χ1n) is 13.9. The van der Waals surface area contributed by atoms with E-state index in [1.54, 1.807) is 0 Å². The van der Waals surface area contributed by atoms with Crippen molar-refractivity contribution in [1.29, 1.82) is 0 Å². The molecule has 0 saturated heterocycles. The Morgan fingerprint density at radius 3 is 1.90 bits per heavy atom. The van der Waals surface area contributed by atoms with Gasteiger partial charge in [0.1, 0.15) is 11.5 Å². The van der Waals surface area contributed by atoms with E-state index in [-0.39, 0.29) is 0 Å². The van der Waals surface area contributed by atoms with Crippen molar-refractivity contribution in [1.82, 2.24) is 4.57 Å². The first-order valence-corrected chi connectivity index (χ1v) is 13.9. The first-order chi connectivity index (χ1) is 20.3. The van der Waals surface area contributed by atoms with Crippen molar-refractivity contribution in [3.05, 3.63) is 151 Å². The van der Waals surface area contributed by atoms with Gasteiger partial charge in [-0.2, -0.15) is 0 Å². The Balaban J connectivity index is 1.60. The smallest absolute Gasteiger partial charge is 0.143 e. The van der Waals surface area contributed by atoms with Crippen LogP contribution in [0, 0.1) is 0 Å². The zero-order valence-electron chi connectivity index (χ0n) is 22.9. The summed E-state index contributed by atoms with van der Waals surface area (Å²) in [6, 6.07) is 44.5. The SMILES string of the molecule is C=Cc1c(/C=C\C)n(-c2cccc(-c3oc(-c4ccccc4)c4ccccc34)c2-c2ccccc2)c2ccccc12. The van der Waals surface area contributed by atoms with Gasteiger partial charge in [0.2, 0.25) is 0 Å². The molecule has 0 unspecified atom stereocenters. The number of nitrogens with zero attached hydrogens (tertiary/aromatic N) is 1. The van der Waals surface area contributed by atoms with Gasteiger partial charge < -0.3 is 8.98 Å². The summed E-state index contributed by atoms with van der Waals surface area (Å²) >= 11 is 0. The minimum absolute atomic E-state index is 0.869. The number of hydrogen-bond donors (Lipinski definition) is 0. The molecular formula is C39H29NO. The van der Waals surface area contributed by atoms with Gasteiger partial charge in [-0.1, -0.05) is 134 Å². The molecule has 0 spiro atoms. The van der Waals surface area contributed by atoms with Crippen molar-refractivity contribution in [3.8, 4) is 39.5 Å². The van der Waals surface area contributed by atoms with E-state index in [0.29, 0.717) is 0 Å². The third-order valence-corrected chi connectivity index (χ3v) is 7.73. The van der Waals surface area contributed by atoms with Crippen molar-refractivity contribution in [2.75, 3.05) is 0 Å². The molecule has 0 saturated carbocycles. The molecule has 2 nitrogen and oxygen atoms in total. The third kappa shape index (κ3) is 4.04. The summed E-state index contributed by atoms with van der Waals surface area (Å²) in [5.74, 6) is 1.75. The van der Waals surface area contributed by atoms with Crippen LogP contribution in [0.1, 0.15) is 18.2 Å². The van der Waals surface area contributed by atoms with E-state index in [1.165, 1.54) is 5.39 Å². The topological polar surface area (TPSA) is 18.1 Å². The van der Waals surface area contributed by atoms with Crippen LogP contribution < -0.4 is 0 Å². The summed E-state index contributed by atoms with van der Waals surface area (Å²) in [4.78, 5) is 0. The van der Waals surface area contributed by atoms with Gasteiger partial charge in [-0.05, 0) is 30.7 Å². The van der Waals surface area contributed by atoms with Gasteiger partial charge in [-0.25, -0.2) is 0 Å². The number of hydrogen-bond acceptors (Lipinski definition) is 1. The van der Waals surface area contributed by atoms with Gasteiger partial charge in [0.05, 0.1) is 16.9 Å². The van der Waals surface area contributed by atoms with Gasteiger partial charge in [-0.3, -0.25) is 0 Å². The highest BCUT2D eigenvalue weighted by Crippen LogP contribution is 2.45. The lowest BCUT2D eigenvalue weighted by atomic mass is 9.94. The predicted octanol–water partition coefficient (Wildman–Crippen LogP) is 11.1. The molecule has 0 N–H and O–H groups in total. The number of furan rings is 1. The van der Waals surface area contributed by atoms with E-state index in [1.807, 2.05) is 12.1 Å². The zero-order chi connectivity index (χ0) is 27.8. The standard InChI is InChI=1S/C39H29NO/c1-3-16-34-29(4-2)30-21-13-14-25-35(30)40(34)36-26-15-24-33(37(36)27-17-7-5-8-18-27)39-32-23-12-11-22-31(32)38(41-39)28-19-9-6-10-20-28/h3-26H,2H2,1H3/b16-3-. The van der Waals surface area contributed by atoms with Gasteiger partial charge in [0, 0.05) is 38.4 Å². The molecule has 0 bridgehead atoms. The molecule has 2 aromatic heterocycles. The van der Waals surface area contributed by atoms with Crippen LogP contribution in [0.25, 0.3) is 73.3 Å². The van der Waals surface area contributed by atoms with Crippen molar-refractivity contribution >= 4 is 33.8 Å². The summed E-state index contributed by atoms with van der Waals surface area (Å²) in [7, 11) is 0. The van der Waals surface area contributed by atoms with Crippen molar-refractivity contribution in [3.63, 3.8) is 0 Å². The second-order valence-corrected chi connectivity index (χ2v) is 10.1. The predicted molar refractivity (Wildman–Crippen MR) is 174 cm³/mol. The highest BCUT2D eigenvalue weighted by Gasteiger charge is 2.23. The van der Waals surface area contributed by atoms with Crippen LogP contribution in [0.5, 0.6) is 0 Å². The van der Waals surface area contributed by atoms with E-state index in [0.717, 1.165) is 67.0 Å². The van der Waals surface area contributed by atoms with Crippen LogP contribution in [0.4, 0.5) is 0 Å². The number of fused-ring (bicyclic) bond motifs is 2. The molecule has 0 aliphatic heterocycles. The van der Waals surface area contributed by atoms with Gasteiger partial charge in [0.25, 0.3) is 0 Å². The average Bonchev–Trinajstić information content (AvgIpc) is 3.57. The molecule has 7 aromatic rings. The lowest BCUT2D eigenvalue weighted by Crippen LogP contribution is -2.01. The maximum absolute atomic E-state index is 6.84. The number of benzene rings is 5. The fourth-order valence-electron chi connectivity index (χ4n) is 6.00. The van der Waals surface area contributed by atoms with E-state index in [4.69, 9.17) is 4.42 Å². The van der Waals surface area contributed by atoms with E-state index >= 15 is 0 Å². The van der Waals surface area contributed by atoms with Crippen LogP contribution >= 0.6 is 0 Å². The minimum atomic E-state index is 0.869. The molecule has 0 aliphatic carbocycles. The molecule has 0 radical (unpaired) electrons. The maximum Gasteiger partial charge on any atom is 0.143 e. The molecule has 0 aliphatic rings. The Morgan fingerprint density at radius 2 is 1.22 bits per heavy atom. The fourth-order valence-corrected chi connectivity index (χ4v) is 6.00. The first kappa shape index (κ1) is 24.7. The van der Waals surface area contributed by atoms with Gasteiger partial charge >= 0.3 is 0 Å². The largest absolute Gasteiger partial charge is 0.455 e. The number of para-hydroxylation sites is 1. The Hall–Kier alpha value is -5.34. The molecule has 196 valence electrons. The second kappa shape index (κ2) is 10.3. The summed E-state index contributed by atoms with van der Waals surface area (Å²) in [5.41, 5.74) is 8.82. The van der Waals surface area contributed by atoms with E-state index in [9.17, 15) is 0 Å². The lowest BCUT2D eigenvalue weighted by molar-refractivity contribution is 0.602. The third-order valence-electron chi connectivity index (χ3n) is 7.73. The Bertz CT molecular complexity index is 2060. The van der Waals surface area contributed by atoms with Crippen LogP contribution in [-0.2, 0) is 0 Å². The molecule has 5 aromatic carbocycles. The number of aromatic nitrogens is 1. The maximum atomic E-state index is 6.84. The Morgan fingerprint density at radius 1 is 0.610 bits per heavy atom.